The Balaban J connectivity index is 1.94. The summed E-state index contributed by atoms with van der Waals surface area (Å²) in [5.41, 5.74) is 5.60. The third-order valence-corrected chi connectivity index (χ3v) is 3.98. The molecule has 1 aromatic carbocycles. The number of hydrogen-bond acceptors (Lipinski definition) is 7. The van der Waals surface area contributed by atoms with E-state index in [1.54, 1.807) is 18.3 Å². The van der Waals surface area contributed by atoms with Crippen LogP contribution >= 0.6 is 23.4 Å². The fourth-order valence-electron chi connectivity index (χ4n) is 1.90. The third kappa shape index (κ3) is 4.12. The summed E-state index contributed by atoms with van der Waals surface area (Å²) < 4.78 is 27.8. The van der Waals surface area contributed by atoms with E-state index >= 15 is 0 Å². The number of halogens is 3. The lowest BCUT2D eigenvalue weighted by Crippen LogP contribution is -2.12. The van der Waals surface area contributed by atoms with Gasteiger partial charge in [0, 0.05) is 18.3 Å². The van der Waals surface area contributed by atoms with Gasteiger partial charge in [-0.05, 0) is 18.4 Å². The van der Waals surface area contributed by atoms with Gasteiger partial charge in [-0.15, -0.1) is 11.8 Å². The van der Waals surface area contributed by atoms with Gasteiger partial charge in [-0.3, -0.25) is 10.9 Å². The van der Waals surface area contributed by atoms with Crippen molar-refractivity contribution in [3.63, 3.8) is 0 Å². The number of nitrogens with one attached hydrogen (secondary N) is 2. The number of thioether (sulfide) groups is 1. The van der Waals surface area contributed by atoms with Crippen LogP contribution in [0.1, 0.15) is 0 Å². The average Bonchev–Trinajstić information content (AvgIpc) is 2.63. The van der Waals surface area contributed by atoms with Gasteiger partial charge in [-0.1, -0.05) is 11.6 Å². The molecule has 0 amide bonds. The van der Waals surface area contributed by atoms with E-state index in [0.29, 0.717) is 16.7 Å². The molecule has 0 aliphatic carbocycles. The first kappa shape index (κ1) is 17.3. The molecule has 0 radical (unpaired) electrons. The van der Waals surface area contributed by atoms with Crippen molar-refractivity contribution in [2.24, 2.45) is 0 Å². The topological polar surface area (TPSA) is 75.6 Å². The SMILES string of the molecule is CSc1cc(NNc2ccncn2)nc(-c2cc(F)c(Cl)cc2F)n1. The Morgan fingerprint density at radius 2 is 1.84 bits per heavy atom. The Bertz CT molecular complexity index is 897. The van der Waals surface area contributed by atoms with E-state index in [-0.39, 0.29) is 16.4 Å². The smallest absolute Gasteiger partial charge is 0.165 e. The summed E-state index contributed by atoms with van der Waals surface area (Å²) in [6.45, 7) is 0. The van der Waals surface area contributed by atoms with Gasteiger partial charge in [0.25, 0.3) is 0 Å². The van der Waals surface area contributed by atoms with Crippen molar-refractivity contribution in [2.75, 3.05) is 17.1 Å². The molecule has 0 saturated carbocycles. The second-order valence-corrected chi connectivity index (χ2v) is 5.94. The molecule has 0 unspecified atom stereocenters. The van der Waals surface area contributed by atoms with E-state index in [1.165, 1.54) is 18.1 Å². The van der Waals surface area contributed by atoms with E-state index in [1.807, 2.05) is 6.26 Å². The molecule has 128 valence electrons. The summed E-state index contributed by atoms with van der Waals surface area (Å²) >= 11 is 6.93. The van der Waals surface area contributed by atoms with E-state index in [2.05, 4.69) is 30.8 Å². The molecular weight excluding hydrogens is 370 g/mol. The Morgan fingerprint density at radius 1 is 1.04 bits per heavy atom. The molecule has 0 aliphatic rings. The first-order valence-corrected chi connectivity index (χ1v) is 8.53. The van der Waals surface area contributed by atoms with Crippen LogP contribution in [0, 0.1) is 11.6 Å². The molecule has 0 fully saturated rings. The summed E-state index contributed by atoms with van der Waals surface area (Å²) in [6, 6.07) is 5.18. The average molecular weight is 381 g/mol. The predicted octanol–water partition coefficient (Wildman–Crippen LogP) is 4.03. The molecule has 2 N–H and O–H groups in total. The van der Waals surface area contributed by atoms with Crippen molar-refractivity contribution in [1.29, 1.82) is 0 Å². The zero-order valence-electron chi connectivity index (χ0n) is 12.8. The van der Waals surface area contributed by atoms with Crippen molar-refractivity contribution >= 4 is 35.0 Å². The van der Waals surface area contributed by atoms with E-state index in [0.717, 1.165) is 12.1 Å². The summed E-state index contributed by atoms with van der Waals surface area (Å²) in [7, 11) is 0. The number of benzene rings is 1. The highest BCUT2D eigenvalue weighted by molar-refractivity contribution is 7.98. The van der Waals surface area contributed by atoms with Gasteiger partial charge in [0.05, 0.1) is 10.6 Å². The monoisotopic (exact) mass is 380 g/mol. The minimum atomic E-state index is -0.746. The fraction of sp³-hybridized carbons (Fsp3) is 0.0667. The maximum absolute atomic E-state index is 14.1. The van der Waals surface area contributed by atoms with Gasteiger partial charge >= 0.3 is 0 Å². The molecule has 2 heterocycles. The first-order chi connectivity index (χ1) is 12.1. The second-order valence-electron chi connectivity index (χ2n) is 4.71. The molecule has 6 nitrogen and oxygen atoms in total. The largest absolute Gasteiger partial charge is 0.283 e. The van der Waals surface area contributed by atoms with E-state index in [4.69, 9.17) is 11.6 Å². The number of nitrogens with zero attached hydrogens (tertiary/aromatic N) is 4. The maximum atomic E-state index is 14.1. The van der Waals surface area contributed by atoms with Gasteiger partial charge in [0.15, 0.2) is 5.82 Å². The van der Waals surface area contributed by atoms with Crippen LogP contribution < -0.4 is 10.9 Å². The van der Waals surface area contributed by atoms with Crippen molar-refractivity contribution in [1.82, 2.24) is 19.9 Å². The minimum Gasteiger partial charge on any atom is -0.283 e. The third-order valence-electron chi connectivity index (χ3n) is 3.06. The van der Waals surface area contributed by atoms with E-state index in [9.17, 15) is 8.78 Å². The molecule has 0 atom stereocenters. The summed E-state index contributed by atoms with van der Waals surface area (Å²) in [4.78, 5) is 16.2. The highest BCUT2D eigenvalue weighted by Gasteiger charge is 2.15. The van der Waals surface area contributed by atoms with Gasteiger partial charge in [-0.25, -0.2) is 28.7 Å². The van der Waals surface area contributed by atoms with Crippen LogP contribution in [0.25, 0.3) is 11.4 Å². The Hall–Kier alpha value is -2.52. The minimum absolute atomic E-state index is 0.0342. The number of hydrazine groups is 1. The van der Waals surface area contributed by atoms with Crippen LogP contribution in [-0.2, 0) is 0 Å². The Labute approximate surface area is 151 Å². The first-order valence-electron chi connectivity index (χ1n) is 6.93. The summed E-state index contributed by atoms with van der Waals surface area (Å²) in [5, 5.41) is 0.276. The number of anilines is 2. The van der Waals surface area contributed by atoms with Crippen LogP contribution in [0.4, 0.5) is 20.4 Å². The number of hydrogen-bond donors (Lipinski definition) is 2. The molecular formula is C15H11ClF2N6S. The lowest BCUT2D eigenvalue weighted by atomic mass is 10.2. The van der Waals surface area contributed by atoms with Crippen LogP contribution in [0.5, 0.6) is 0 Å². The normalized spacial score (nSPS) is 10.6. The molecule has 0 saturated heterocycles. The maximum Gasteiger partial charge on any atom is 0.165 e. The molecule has 0 spiro atoms. The molecule has 0 bridgehead atoms. The summed E-state index contributed by atoms with van der Waals surface area (Å²) in [6.07, 6.45) is 4.77. The fourth-order valence-corrected chi connectivity index (χ4v) is 2.46. The van der Waals surface area contributed by atoms with Crippen molar-refractivity contribution in [2.45, 2.75) is 5.03 Å². The lowest BCUT2D eigenvalue weighted by molar-refractivity contribution is 0.602. The molecule has 3 rings (SSSR count). The van der Waals surface area contributed by atoms with Gasteiger partial charge in [0.1, 0.15) is 34.6 Å². The molecule has 10 heteroatoms. The Morgan fingerprint density at radius 3 is 2.56 bits per heavy atom. The highest BCUT2D eigenvalue weighted by atomic mass is 35.5. The number of rotatable bonds is 5. The van der Waals surface area contributed by atoms with Gasteiger partial charge < -0.3 is 0 Å². The van der Waals surface area contributed by atoms with Crippen LogP contribution in [0.2, 0.25) is 5.02 Å². The van der Waals surface area contributed by atoms with Gasteiger partial charge in [-0.2, -0.15) is 0 Å². The zero-order valence-corrected chi connectivity index (χ0v) is 14.4. The van der Waals surface area contributed by atoms with Crippen LogP contribution in [0.15, 0.2) is 41.8 Å². The van der Waals surface area contributed by atoms with E-state index < -0.39 is 11.6 Å². The van der Waals surface area contributed by atoms with Crippen molar-refractivity contribution < 1.29 is 8.78 Å². The molecule has 25 heavy (non-hydrogen) atoms. The predicted molar refractivity (Wildman–Crippen MR) is 93.5 cm³/mol. The standard InChI is InChI=1S/C15H11ClF2N6S/c1-25-14-6-13(24-23-12-2-3-19-7-20-12)21-15(22-14)8-4-11(18)9(16)5-10(8)17/h2-7H,1H3,(H,19,20,23)(H,21,22,24). The van der Waals surface area contributed by atoms with Crippen molar-refractivity contribution in [3.05, 3.63) is 53.4 Å². The number of aromatic nitrogens is 4. The summed E-state index contributed by atoms with van der Waals surface area (Å²) in [5.74, 6) is -0.539. The quantitative estimate of drug-likeness (QED) is 0.299. The van der Waals surface area contributed by atoms with Crippen molar-refractivity contribution in [3.8, 4) is 11.4 Å². The van der Waals surface area contributed by atoms with Crippen LogP contribution in [0.3, 0.4) is 0 Å². The molecule has 0 aliphatic heterocycles. The highest BCUT2D eigenvalue weighted by Crippen LogP contribution is 2.28. The lowest BCUT2D eigenvalue weighted by Gasteiger charge is -2.11. The molecule has 2 aromatic heterocycles. The molecule has 3 aromatic rings. The Kier molecular flexibility index (Phi) is 5.25. The zero-order chi connectivity index (χ0) is 17.8. The van der Waals surface area contributed by atoms with Crippen LogP contribution in [-0.4, -0.2) is 26.2 Å². The van der Waals surface area contributed by atoms with Gasteiger partial charge in [0.2, 0.25) is 0 Å². The second kappa shape index (κ2) is 7.58.